The molecule has 0 saturated carbocycles. The molecule has 2 saturated heterocycles. The van der Waals surface area contributed by atoms with E-state index in [4.69, 9.17) is 0 Å². The van der Waals surface area contributed by atoms with Crippen LogP contribution in [0.15, 0.2) is 0 Å². The number of carboxylic acids is 1. The molecule has 2 rings (SSSR count). The van der Waals surface area contributed by atoms with Gasteiger partial charge >= 0.3 is 12.0 Å². The van der Waals surface area contributed by atoms with E-state index >= 15 is 0 Å². The van der Waals surface area contributed by atoms with E-state index in [0.29, 0.717) is 32.4 Å². The highest BCUT2D eigenvalue weighted by Gasteiger charge is 2.44. The fourth-order valence-electron chi connectivity index (χ4n) is 2.81. The summed E-state index contributed by atoms with van der Waals surface area (Å²) in [5, 5.41) is 14.8. The first-order valence-corrected chi connectivity index (χ1v) is 7.02. The maximum absolute atomic E-state index is 12.0. The minimum atomic E-state index is -0.835. The SMILES string of the molecule is CCC1(C(=O)O)CCN(C(=O)NCC2CCC(=O)N2)C1. The third kappa shape index (κ3) is 2.86. The van der Waals surface area contributed by atoms with Crippen molar-refractivity contribution in [2.75, 3.05) is 19.6 Å². The summed E-state index contributed by atoms with van der Waals surface area (Å²) in [4.78, 5) is 35.9. The summed E-state index contributed by atoms with van der Waals surface area (Å²) in [7, 11) is 0. The predicted octanol–water partition coefficient (Wildman–Crippen LogP) is 0.161. The molecule has 2 atom stereocenters. The van der Waals surface area contributed by atoms with Gasteiger partial charge in [-0.05, 0) is 19.3 Å². The van der Waals surface area contributed by atoms with Gasteiger partial charge in [0.2, 0.25) is 5.91 Å². The molecule has 112 valence electrons. The van der Waals surface area contributed by atoms with Crippen molar-refractivity contribution in [3.63, 3.8) is 0 Å². The fraction of sp³-hybridized carbons (Fsp3) is 0.769. The zero-order valence-corrected chi connectivity index (χ0v) is 11.6. The molecular formula is C13H21N3O4. The van der Waals surface area contributed by atoms with Gasteiger partial charge < -0.3 is 20.6 Å². The molecule has 2 aliphatic heterocycles. The number of carbonyl (C=O) groups is 3. The second-order valence-electron chi connectivity index (χ2n) is 5.60. The van der Waals surface area contributed by atoms with Crippen molar-refractivity contribution >= 4 is 17.9 Å². The highest BCUT2D eigenvalue weighted by molar-refractivity contribution is 5.80. The Morgan fingerprint density at radius 3 is 2.80 bits per heavy atom. The molecule has 2 fully saturated rings. The van der Waals surface area contributed by atoms with Crippen molar-refractivity contribution in [2.24, 2.45) is 5.41 Å². The van der Waals surface area contributed by atoms with Gasteiger partial charge in [-0.2, -0.15) is 0 Å². The van der Waals surface area contributed by atoms with Gasteiger partial charge in [0.1, 0.15) is 0 Å². The van der Waals surface area contributed by atoms with Gasteiger partial charge in [-0.25, -0.2) is 4.79 Å². The van der Waals surface area contributed by atoms with Crippen LogP contribution in [0.25, 0.3) is 0 Å². The molecule has 0 aliphatic carbocycles. The lowest BCUT2D eigenvalue weighted by Gasteiger charge is -2.23. The first kappa shape index (κ1) is 14.6. The standard InChI is InChI=1S/C13H21N3O4/c1-2-13(11(18)19)5-6-16(8-13)12(20)14-7-9-3-4-10(17)15-9/h9H,2-8H2,1H3,(H,14,20)(H,15,17)(H,18,19). The number of hydrogen-bond acceptors (Lipinski definition) is 3. The van der Waals surface area contributed by atoms with E-state index in [0.717, 1.165) is 6.42 Å². The van der Waals surface area contributed by atoms with Gasteiger partial charge in [-0.1, -0.05) is 6.92 Å². The van der Waals surface area contributed by atoms with Crippen LogP contribution in [-0.2, 0) is 9.59 Å². The normalized spacial score (nSPS) is 29.4. The van der Waals surface area contributed by atoms with Crippen LogP contribution >= 0.6 is 0 Å². The van der Waals surface area contributed by atoms with Crippen molar-refractivity contribution in [3.05, 3.63) is 0 Å². The van der Waals surface area contributed by atoms with Gasteiger partial charge in [0.25, 0.3) is 0 Å². The van der Waals surface area contributed by atoms with Crippen LogP contribution in [0.1, 0.15) is 32.6 Å². The van der Waals surface area contributed by atoms with E-state index < -0.39 is 11.4 Å². The van der Waals surface area contributed by atoms with E-state index in [1.54, 1.807) is 4.90 Å². The number of likely N-dealkylation sites (tertiary alicyclic amines) is 1. The van der Waals surface area contributed by atoms with Gasteiger partial charge in [-0.3, -0.25) is 9.59 Å². The minimum absolute atomic E-state index is 0.00976. The summed E-state index contributed by atoms with van der Waals surface area (Å²) in [6.45, 7) is 2.95. The summed E-state index contributed by atoms with van der Waals surface area (Å²) < 4.78 is 0. The Bertz CT molecular complexity index is 426. The molecule has 7 nitrogen and oxygen atoms in total. The Morgan fingerprint density at radius 2 is 2.30 bits per heavy atom. The molecule has 2 unspecified atom stereocenters. The van der Waals surface area contributed by atoms with Crippen molar-refractivity contribution in [1.29, 1.82) is 0 Å². The van der Waals surface area contributed by atoms with Gasteiger partial charge in [0.15, 0.2) is 0 Å². The second-order valence-corrected chi connectivity index (χ2v) is 5.60. The van der Waals surface area contributed by atoms with E-state index in [1.807, 2.05) is 6.92 Å². The molecule has 7 heteroatoms. The van der Waals surface area contributed by atoms with Crippen molar-refractivity contribution < 1.29 is 19.5 Å². The Hall–Kier alpha value is -1.79. The largest absolute Gasteiger partial charge is 0.481 e. The maximum atomic E-state index is 12.0. The molecule has 0 aromatic carbocycles. The highest BCUT2D eigenvalue weighted by atomic mass is 16.4. The van der Waals surface area contributed by atoms with Crippen molar-refractivity contribution in [2.45, 2.75) is 38.6 Å². The molecule has 2 aliphatic rings. The molecule has 0 radical (unpaired) electrons. The molecule has 0 aromatic rings. The zero-order chi connectivity index (χ0) is 14.8. The van der Waals surface area contributed by atoms with Gasteiger partial charge in [0.05, 0.1) is 5.41 Å². The summed E-state index contributed by atoms with van der Waals surface area (Å²) in [6, 6.07) is -0.257. The smallest absolute Gasteiger partial charge is 0.317 e. The number of amides is 3. The van der Waals surface area contributed by atoms with E-state index in [-0.39, 0.29) is 24.5 Å². The third-order valence-electron chi connectivity index (χ3n) is 4.36. The molecule has 0 spiro atoms. The molecule has 20 heavy (non-hydrogen) atoms. The van der Waals surface area contributed by atoms with Crippen LogP contribution in [0.5, 0.6) is 0 Å². The number of rotatable bonds is 4. The summed E-state index contributed by atoms with van der Waals surface area (Å²) in [5.74, 6) is -0.820. The maximum Gasteiger partial charge on any atom is 0.317 e. The van der Waals surface area contributed by atoms with E-state index in [1.165, 1.54) is 0 Å². The Balaban J connectivity index is 1.82. The average Bonchev–Trinajstić information content (AvgIpc) is 3.03. The van der Waals surface area contributed by atoms with Crippen LogP contribution in [-0.4, -0.2) is 53.6 Å². The molecule has 3 N–H and O–H groups in total. The number of urea groups is 1. The van der Waals surface area contributed by atoms with Crippen LogP contribution in [0, 0.1) is 5.41 Å². The summed E-state index contributed by atoms with van der Waals surface area (Å²) >= 11 is 0. The number of nitrogens with zero attached hydrogens (tertiary/aromatic N) is 1. The van der Waals surface area contributed by atoms with E-state index in [2.05, 4.69) is 10.6 Å². The molecular weight excluding hydrogens is 262 g/mol. The Morgan fingerprint density at radius 1 is 1.55 bits per heavy atom. The first-order chi connectivity index (χ1) is 9.47. The zero-order valence-electron chi connectivity index (χ0n) is 11.6. The predicted molar refractivity (Wildman–Crippen MR) is 71.1 cm³/mol. The van der Waals surface area contributed by atoms with E-state index in [9.17, 15) is 19.5 Å². The third-order valence-corrected chi connectivity index (χ3v) is 4.36. The summed E-state index contributed by atoms with van der Waals surface area (Å²) in [5.41, 5.74) is -0.807. The van der Waals surface area contributed by atoms with Crippen LogP contribution in [0.3, 0.4) is 0 Å². The molecule has 2 heterocycles. The lowest BCUT2D eigenvalue weighted by atomic mass is 9.84. The van der Waals surface area contributed by atoms with Crippen LogP contribution in [0.4, 0.5) is 4.79 Å². The van der Waals surface area contributed by atoms with Crippen LogP contribution < -0.4 is 10.6 Å². The minimum Gasteiger partial charge on any atom is -0.481 e. The Labute approximate surface area is 117 Å². The number of hydrogen-bond donors (Lipinski definition) is 3. The van der Waals surface area contributed by atoms with Crippen LogP contribution in [0.2, 0.25) is 0 Å². The topological polar surface area (TPSA) is 98.7 Å². The molecule has 3 amide bonds. The quantitative estimate of drug-likeness (QED) is 0.684. The number of carbonyl (C=O) groups excluding carboxylic acids is 2. The number of nitrogens with one attached hydrogen (secondary N) is 2. The monoisotopic (exact) mass is 283 g/mol. The molecule has 0 bridgehead atoms. The number of carboxylic acid groups (broad SMARTS) is 1. The average molecular weight is 283 g/mol. The van der Waals surface area contributed by atoms with Crippen molar-refractivity contribution in [1.82, 2.24) is 15.5 Å². The molecule has 0 aromatic heterocycles. The van der Waals surface area contributed by atoms with Gasteiger partial charge in [0, 0.05) is 32.1 Å². The second kappa shape index (κ2) is 5.68. The number of aliphatic carboxylic acids is 1. The fourth-order valence-corrected chi connectivity index (χ4v) is 2.81. The first-order valence-electron chi connectivity index (χ1n) is 7.02. The van der Waals surface area contributed by atoms with Crippen molar-refractivity contribution in [3.8, 4) is 0 Å². The summed E-state index contributed by atoms with van der Waals surface area (Å²) in [6.07, 6.45) is 2.24. The van der Waals surface area contributed by atoms with Gasteiger partial charge in [-0.15, -0.1) is 0 Å². The lowest BCUT2D eigenvalue weighted by molar-refractivity contribution is -0.148. The Kier molecular flexibility index (Phi) is 4.15. The highest BCUT2D eigenvalue weighted by Crippen LogP contribution is 2.34. The lowest BCUT2D eigenvalue weighted by Crippen LogP contribution is -2.45.